The van der Waals surface area contributed by atoms with Crippen molar-refractivity contribution in [2.24, 2.45) is 29.6 Å². The Morgan fingerprint density at radius 3 is 2.15 bits per heavy atom. The normalized spacial score (nSPS) is 59.0. The van der Waals surface area contributed by atoms with Gasteiger partial charge in [0.25, 0.3) is 0 Å². The van der Waals surface area contributed by atoms with Gasteiger partial charge in [0.05, 0.1) is 79.9 Å². The minimum absolute atomic E-state index is 0.0270. The molecule has 10 nitrogen and oxygen atoms in total. The van der Waals surface area contributed by atoms with E-state index in [0.29, 0.717) is 31.6 Å². The molecule has 10 heteroatoms. The molecular formula is C36H58O10. The molecule has 7 aliphatic heterocycles. The molecule has 0 aromatic carbocycles. The molecule has 46 heavy (non-hydrogen) atoms. The van der Waals surface area contributed by atoms with Crippen LogP contribution >= 0.6 is 0 Å². The lowest BCUT2D eigenvalue weighted by molar-refractivity contribution is -0.339. The van der Waals surface area contributed by atoms with Crippen molar-refractivity contribution < 1.29 is 48.5 Å². The molecule has 262 valence electrons. The molecule has 7 aliphatic rings. The van der Waals surface area contributed by atoms with Crippen LogP contribution in [0.4, 0.5) is 0 Å². The second-order valence-electron chi connectivity index (χ2n) is 16.4. The lowest BCUT2D eigenvalue weighted by atomic mass is 9.75. The third kappa shape index (κ3) is 5.64. The zero-order valence-electron chi connectivity index (χ0n) is 28.5. The Labute approximate surface area is 274 Å². The van der Waals surface area contributed by atoms with E-state index in [2.05, 4.69) is 34.3 Å². The van der Waals surface area contributed by atoms with Crippen LogP contribution in [0.15, 0.2) is 12.7 Å². The summed E-state index contributed by atoms with van der Waals surface area (Å²) in [6.07, 6.45) is 1.94. The van der Waals surface area contributed by atoms with E-state index in [9.17, 15) is 15.3 Å². The molecule has 7 saturated heterocycles. The molecule has 0 unspecified atom stereocenters. The van der Waals surface area contributed by atoms with Crippen LogP contribution in [0.2, 0.25) is 0 Å². The van der Waals surface area contributed by atoms with Gasteiger partial charge in [-0.3, -0.25) is 0 Å². The van der Waals surface area contributed by atoms with Gasteiger partial charge in [-0.15, -0.1) is 6.58 Å². The standard InChI is InChI=1S/C36H58O10/c1-8-9-23-18(3)12-29(38)35(7)30(42-23)14-26-27(45-35)11-17(2)10-24-25(41-26)13-28-32(43-24)20(5)31(39)34-33(44-28)19(4)21(6)36(46-34)15-22(37)16-40-36/h8,17-34,37-39H,1,9-16H2,2-7H3/t17-,18-,19+,20+,21+,22+,23+,24+,25-,26+,27-,28+,29-,30-,31+,32-,33-,34+,35+,36-/m1/s1. The Hall–Kier alpha value is -0.660. The van der Waals surface area contributed by atoms with Gasteiger partial charge in [0.2, 0.25) is 0 Å². The first-order chi connectivity index (χ1) is 21.8. The second kappa shape index (κ2) is 12.6. The van der Waals surface area contributed by atoms with Gasteiger partial charge >= 0.3 is 0 Å². The number of fused-ring (bicyclic) bond motifs is 5. The summed E-state index contributed by atoms with van der Waals surface area (Å²) in [5.41, 5.74) is -0.809. The van der Waals surface area contributed by atoms with Crippen LogP contribution in [0.1, 0.15) is 86.5 Å². The van der Waals surface area contributed by atoms with Gasteiger partial charge in [-0.25, -0.2) is 0 Å². The van der Waals surface area contributed by atoms with Crippen molar-refractivity contribution in [2.45, 2.75) is 177 Å². The average Bonchev–Trinajstić information content (AvgIpc) is 3.31. The van der Waals surface area contributed by atoms with Gasteiger partial charge in [0, 0.05) is 31.1 Å². The van der Waals surface area contributed by atoms with Crippen molar-refractivity contribution in [3.63, 3.8) is 0 Å². The first-order valence-corrected chi connectivity index (χ1v) is 18.1. The maximum absolute atomic E-state index is 11.8. The molecule has 7 rings (SSSR count). The molecule has 0 aliphatic carbocycles. The third-order valence-electron chi connectivity index (χ3n) is 13.2. The molecule has 0 amide bonds. The van der Waals surface area contributed by atoms with Crippen molar-refractivity contribution in [3.8, 4) is 0 Å². The first kappa shape index (κ1) is 33.8. The van der Waals surface area contributed by atoms with Crippen molar-refractivity contribution in [1.82, 2.24) is 0 Å². The summed E-state index contributed by atoms with van der Waals surface area (Å²) < 4.78 is 47.1. The molecule has 7 heterocycles. The van der Waals surface area contributed by atoms with E-state index in [-0.39, 0.29) is 85.2 Å². The highest BCUT2D eigenvalue weighted by atomic mass is 16.7. The Morgan fingerprint density at radius 2 is 1.43 bits per heavy atom. The summed E-state index contributed by atoms with van der Waals surface area (Å²) in [5.74, 6) is -0.675. The van der Waals surface area contributed by atoms with Gasteiger partial charge in [0.15, 0.2) is 5.79 Å². The van der Waals surface area contributed by atoms with Crippen molar-refractivity contribution in [2.75, 3.05) is 6.61 Å². The summed E-state index contributed by atoms with van der Waals surface area (Å²) in [6.45, 7) is 16.8. The SMILES string of the molecule is C=CC[C@@H]1O[C@@H]2C[C@@H]3O[C@@H]4C[C@@H]5O[C@@H]6[C@@H](C)[C@H](C)[C@@]7(C[C@H](O)CO7)O[C@H]6[C@@H](O)[C@H](C)[C@H]5O[C@H]4C[C@@H](C)C[C@H]3O[C@@]2(C)[C@H](O)C[C@H]1C. The van der Waals surface area contributed by atoms with Crippen LogP contribution in [0.5, 0.6) is 0 Å². The van der Waals surface area contributed by atoms with Crippen molar-refractivity contribution in [3.05, 3.63) is 12.7 Å². The number of aliphatic hydroxyl groups is 3. The molecule has 20 atom stereocenters. The first-order valence-electron chi connectivity index (χ1n) is 18.1. The van der Waals surface area contributed by atoms with E-state index < -0.39 is 35.8 Å². The summed E-state index contributed by atoms with van der Waals surface area (Å²) in [5, 5.41) is 33.5. The quantitative estimate of drug-likeness (QED) is 0.383. The zero-order chi connectivity index (χ0) is 32.7. The molecular weight excluding hydrogens is 592 g/mol. The van der Waals surface area contributed by atoms with Gasteiger partial charge in [-0.1, -0.05) is 40.7 Å². The molecule has 0 bridgehead atoms. The van der Waals surface area contributed by atoms with Gasteiger partial charge in [0.1, 0.15) is 11.7 Å². The van der Waals surface area contributed by atoms with E-state index >= 15 is 0 Å². The average molecular weight is 651 g/mol. The Bertz CT molecular complexity index is 1110. The lowest BCUT2D eigenvalue weighted by Gasteiger charge is -2.53. The number of ether oxygens (including phenoxy) is 7. The predicted octanol–water partition coefficient (Wildman–Crippen LogP) is 3.52. The van der Waals surface area contributed by atoms with Crippen LogP contribution in [0.3, 0.4) is 0 Å². The third-order valence-corrected chi connectivity index (χ3v) is 13.2. The fraction of sp³-hybridized carbons (Fsp3) is 0.944. The Kier molecular flexibility index (Phi) is 9.25. The summed E-state index contributed by atoms with van der Waals surface area (Å²) in [6, 6.07) is 0. The van der Waals surface area contributed by atoms with Crippen molar-refractivity contribution >= 4 is 0 Å². The number of rotatable bonds is 2. The summed E-state index contributed by atoms with van der Waals surface area (Å²) in [7, 11) is 0. The number of hydrogen-bond donors (Lipinski definition) is 3. The number of aliphatic hydroxyl groups excluding tert-OH is 3. The predicted molar refractivity (Wildman–Crippen MR) is 168 cm³/mol. The van der Waals surface area contributed by atoms with Gasteiger partial charge in [-0.2, -0.15) is 0 Å². The summed E-state index contributed by atoms with van der Waals surface area (Å²) >= 11 is 0. The smallest absolute Gasteiger partial charge is 0.174 e. The lowest BCUT2D eigenvalue weighted by Crippen LogP contribution is -2.63. The highest BCUT2D eigenvalue weighted by molar-refractivity contribution is 5.07. The maximum Gasteiger partial charge on any atom is 0.174 e. The van der Waals surface area contributed by atoms with Crippen LogP contribution in [0.25, 0.3) is 0 Å². The van der Waals surface area contributed by atoms with E-state index in [1.807, 2.05) is 19.9 Å². The highest BCUT2D eigenvalue weighted by Gasteiger charge is 2.62. The highest BCUT2D eigenvalue weighted by Crippen LogP contribution is 2.51. The van der Waals surface area contributed by atoms with E-state index in [0.717, 1.165) is 19.3 Å². The van der Waals surface area contributed by atoms with Crippen LogP contribution < -0.4 is 0 Å². The van der Waals surface area contributed by atoms with E-state index in [1.165, 1.54) is 0 Å². The second-order valence-corrected chi connectivity index (χ2v) is 16.4. The monoisotopic (exact) mass is 650 g/mol. The Morgan fingerprint density at radius 1 is 0.739 bits per heavy atom. The number of hydrogen-bond acceptors (Lipinski definition) is 10. The molecule has 1 spiro atoms. The van der Waals surface area contributed by atoms with Gasteiger partial charge < -0.3 is 48.5 Å². The molecule has 0 aromatic rings. The zero-order valence-corrected chi connectivity index (χ0v) is 28.5. The Balaban J connectivity index is 1.12. The minimum atomic E-state index is -0.927. The maximum atomic E-state index is 11.8. The van der Waals surface area contributed by atoms with Crippen LogP contribution in [-0.4, -0.2) is 113 Å². The molecule has 0 saturated carbocycles. The molecule has 0 aromatic heterocycles. The molecule has 3 N–H and O–H groups in total. The van der Waals surface area contributed by atoms with E-state index in [1.54, 1.807) is 0 Å². The minimum Gasteiger partial charge on any atom is -0.391 e. The fourth-order valence-corrected chi connectivity index (χ4v) is 10.0. The fourth-order valence-electron chi connectivity index (χ4n) is 10.0. The molecule has 0 radical (unpaired) electrons. The van der Waals surface area contributed by atoms with Crippen LogP contribution in [0, 0.1) is 29.6 Å². The largest absolute Gasteiger partial charge is 0.391 e. The summed E-state index contributed by atoms with van der Waals surface area (Å²) in [4.78, 5) is 0. The van der Waals surface area contributed by atoms with Crippen molar-refractivity contribution in [1.29, 1.82) is 0 Å². The van der Waals surface area contributed by atoms with E-state index in [4.69, 9.17) is 33.2 Å². The molecule has 7 fully saturated rings. The van der Waals surface area contributed by atoms with Gasteiger partial charge in [-0.05, 0) is 50.4 Å². The topological polar surface area (TPSA) is 125 Å². The van der Waals surface area contributed by atoms with Crippen LogP contribution in [-0.2, 0) is 33.2 Å².